The van der Waals surface area contributed by atoms with Crippen molar-refractivity contribution in [3.63, 3.8) is 0 Å². The van der Waals surface area contributed by atoms with E-state index < -0.39 is 18.0 Å². The van der Waals surface area contributed by atoms with Gasteiger partial charge < -0.3 is 14.2 Å². The van der Waals surface area contributed by atoms with Crippen LogP contribution in [0.2, 0.25) is 0 Å². The van der Waals surface area contributed by atoms with E-state index in [1.165, 1.54) is 31.0 Å². The summed E-state index contributed by atoms with van der Waals surface area (Å²) in [6, 6.07) is 5.45. The molecule has 0 spiro atoms. The van der Waals surface area contributed by atoms with E-state index in [-0.39, 0.29) is 11.0 Å². The minimum absolute atomic E-state index is 0.0880. The zero-order valence-electron chi connectivity index (χ0n) is 16.0. The molecule has 2 aliphatic rings. The van der Waals surface area contributed by atoms with E-state index >= 15 is 0 Å². The second-order valence-electron chi connectivity index (χ2n) is 7.90. The zero-order chi connectivity index (χ0) is 20.6. The van der Waals surface area contributed by atoms with Crippen LogP contribution in [0.15, 0.2) is 28.8 Å². The summed E-state index contributed by atoms with van der Waals surface area (Å²) in [5, 5.41) is 4.14. The number of para-hydroxylation sites is 1. The average Bonchev–Trinajstić information content (AvgIpc) is 3.37. The van der Waals surface area contributed by atoms with Crippen LogP contribution in [0, 0.1) is 12.8 Å². The molecule has 1 aromatic heterocycles. The number of benzene rings is 1. The number of ether oxygens (including phenoxy) is 1. The average molecular weight is 409 g/mol. The Morgan fingerprint density at radius 2 is 1.97 bits per heavy atom. The van der Waals surface area contributed by atoms with Gasteiger partial charge in [0.2, 0.25) is 5.89 Å². The fourth-order valence-electron chi connectivity index (χ4n) is 4.07. The largest absolute Gasteiger partial charge is 0.573 e. The number of aromatic nitrogens is 2. The first-order valence-electron chi connectivity index (χ1n) is 9.71. The Labute approximate surface area is 166 Å². The lowest BCUT2D eigenvalue weighted by Crippen LogP contribution is -2.46. The number of alkyl halides is 3. The number of piperidine rings is 1. The van der Waals surface area contributed by atoms with Crippen LogP contribution in [0.25, 0.3) is 0 Å². The first-order chi connectivity index (χ1) is 13.8. The van der Waals surface area contributed by atoms with E-state index in [4.69, 9.17) is 4.52 Å². The minimum Gasteiger partial charge on any atom is -0.405 e. The maximum Gasteiger partial charge on any atom is 0.573 e. The Kier molecular flexibility index (Phi) is 5.00. The van der Waals surface area contributed by atoms with Crippen molar-refractivity contribution in [2.75, 3.05) is 13.1 Å². The standard InChI is InChI=1S/C20H22F3N3O3/c1-13-24-18(25-29-13)19(12-14-6-7-14)8-10-26(11-9-19)17(27)15-4-2-3-5-16(15)28-20(21,22)23/h2-5,14H,6-12H2,1H3. The molecule has 4 rings (SSSR count). The third-order valence-corrected chi connectivity index (χ3v) is 5.73. The van der Waals surface area contributed by atoms with Crippen LogP contribution in [0.3, 0.4) is 0 Å². The van der Waals surface area contributed by atoms with Gasteiger partial charge in [-0.05, 0) is 37.3 Å². The second-order valence-corrected chi connectivity index (χ2v) is 7.90. The van der Waals surface area contributed by atoms with Gasteiger partial charge in [-0.25, -0.2) is 0 Å². The van der Waals surface area contributed by atoms with Crippen LogP contribution in [0.5, 0.6) is 5.75 Å². The van der Waals surface area contributed by atoms with Crippen LogP contribution in [-0.4, -0.2) is 40.4 Å². The molecule has 1 saturated heterocycles. The van der Waals surface area contributed by atoms with Crippen molar-refractivity contribution in [1.29, 1.82) is 0 Å². The molecule has 0 N–H and O–H groups in total. The summed E-state index contributed by atoms with van der Waals surface area (Å²) in [7, 11) is 0. The van der Waals surface area contributed by atoms with E-state index in [9.17, 15) is 18.0 Å². The Hall–Kier alpha value is -2.58. The van der Waals surface area contributed by atoms with Crippen LogP contribution >= 0.6 is 0 Å². The van der Waals surface area contributed by atoms with E-state index in [2.05, 4.69) is 14.9 Å². The molecule has 9 heteroatoms. The van der Waals surface area contributed by atoms with Gasteiger partial charge in [-0.15, -0.1) is 13.2 Å². The van der Waals surface area contributed by atoms with Gasteiger partial charge >= 0.3 is 6.36 Å². The highest BCUT2D eigenvalue weighted by molar-refractivity contribution is 5.97. The molecule has 29 heavy (non-hydrogen) atoms. The lowest BCUT2D eigenvalue weighted by molar-refractivity contribution is -0.274. The van der Waals surface area contributed by atoms with Gasteiger partial charge in [-0.3, -0.25) is 4.79 Å². The Morgan fingerprint density at radius 3 is 2.55 bits per heavy atom. The number of amides is 1. The third kappa shape index (κ3) is 4.38. The smallest absolute Gasteiger partial charge is 0.405 e. The highest BCUT2D eigenvalue weighted by Gasteiger charge is 2.45. The predicted molar refractivity (Wildman–Crippen MR) is 96.3 cm³/mol. The number of nitrogens with zero attached hydrogens (tertiary/aromatic N) is 3. The number of likely N-dealkylation sites (tertiary alicyclic amines) is 1. The molecule has 1 aliphatic carbocycles. The van der Waals surface area contributed by atoms with Crippen molar-refractivity contribution < 1.29 is 27.2 Å². The van der Waals surface area contributed by atoms with Gasteiger partial charge in [0.05, 0.1) is 5.56 Å². The van der Waals surface area contributed by atoms with Crippen LogP contribution in [0.4, 0.5) is 13.2 Å². The van der Waals surface area contributed by atoms with Gasteiger partial charge in [0, 0.05) is 25.4 Å². The molecule has 0 unspecified atom stereocenters. The maximum absolute atomic E-state index is 12.9. The summed E-state index contributed by atoms with van der Waals surface area (Å²) < 4.78 is 47.3. The van der Waals surface area contributed by atoms with Gasteiger partial charge in [0.25, 0.3) is 5.91 Å². The normalized spacial score (nSPS) is 19.2. The van der Waals surface area contributed by atoms with Gasteiger partial charge in [0.15, 0.2) is 5.82 Å². The summed E-state index contributed by atoms with van der Waals surface area (Å²) in [5.41, 5.74) is -0.340. The van der Waals surface area contributed by atoms with E-state index in [1.807, 2.05) is 0 Å². The van der Waals surface area contributed by atoms with Crippen LogP contribution in [0.1, 0.15) is 54.2 Å². The molecule has 1 aromatic carbocycles. The minimum atomic E-state index is -4.85. The van der Waals surface area contributed by atoms with Crippen molar-refractivity contribution in [1.82, 2.24) is 15.0 Å². The van der Waals surface area contributed by atoms with E-state index in [1.54, 1.807) is 11.8 Å². The Balaban J connectivity index is 1.51. The number of rotatable bonds is 5. The summed E-state index contributed by atoms with van der Waals surface area (Å²) in [5.74, 6) is 0.876. The first-order valence-corrected chi connectivity index (χ1v) is 9.71. The van der Waals surface area contributed by atoms with Crippen molar-refractivity contribution in [3.05, 3.63) is 41.5 Å². The Morgan fingerprint density at radius 1 is 1.28 bits per heavy atom. The molecule has 156 valence electrons. The molecule has 1 amide bonds. The van der Waals surface area contributed by atoms with Crippen molar-refractivity contribution >= 4 is 5.91 Å². The molecule has 2 aromatic rings. The number of halogens is 3. The van der Waals surface area contributed by atoms with Gasteiger partial charge in [0.1, 0.15) is 5.75 Å². The molecule has 0 radical (unpaired) electrons. The van der Waals surface area contributed by atoms with Gasteiger partial charge in [-0.2, -0.15) is 4.98 Å². The lowest BCUT2D eigenvalue weighted by atomic mass is 9.73. The molecule has 0 atom stereocenters. The fourth-order valence-corrected chi connectivity index (χ4v) is 4.07. The van der Waals surface area contributed by atoms with Crippen molar-refractivity contribution in [2.24, 2.45) is 5.92 Å². The fraction of sp³-hybridized carbons (Fsp3) is 0.550. The maximum atomic E-state index is 12.9. The first kappa shape index (κ1) is 19.7. The SMILES string of the molecule is Cc1nc(C2(CC3CC3)CCN(C(=O)c3ccccc3OC(F)(F)F)CC2)no1. The summed E-state index contributed by atoms with van der Waals surface area (Å²) in [6.45, 7) is 2.58. The molecule has 1 saturated carbocycles. The number of carbonyl (C=O) groups is 1. The topological polar surface area (TPSA) is 68.5 Å². The summed E-state index contributed by atoms with van der Waals surface area (Å²) >= 11 is 0. The lowest BCUT2D eigenvalue weighted by Gasteiger charge is -2.40. The molecule has 2 fully saturated rings. The van der Waals surface area contributed by atoms with Crippen LogP contribution < -0.4 is 4.74 Å². The van der Waals surface area contributed by atoms with Gasteiger partial charge in [-0.1, -0.05) is 30.1 Å². The van der Waals surface area contributed by atoms with E-state index in [0.717, 1.165) is 12.5 Å². The molecule has 2 heterocycles. The number of hydrogen-bond donors (Lipinski definition) is 0. The van der Waals surface area contributed by atoms with Crippen molar-refractivity contribution in [3.8, 4) is 5.75 Å². The quantitative estimate of drug-likeness (QED) is 0.739. The Bertz CT molecular complexity index is 884. The monoisotopic (exact) mass is 409 g/mol. The van der Waals surface area contributed by atoms with Crippen molar-refractivity contribution in [2.45, 2.75) is 50.8 Å². The molecular formula is C20H22F3N3O3. The highest BCUT2D eigenvalue weighted by atomic mass is 19.4. The molecule has 0 bridgehead atoms. The predicted octanol–water partition coefficient (Wildman–Crippen LogP) is 4.25. The molecule has 6 nitrogen and oxygen atoms in total. The third-order valence-electron chi connectivity index (χ3n) is 5.73. The number of aryl methyl sites for hydroxylation is 1. The second kappa shape index (κ2) is 7.35. The number of carbonyl (C=O) groups excluding carboxylic acids is 1. The van der Waals surface area contributed by atoms with Crippen LogP contribution in [-0.2, 0) is 5.41 Å². The summed E-state index contributed by atoms with van der Waals surface area (Å²) in [6.07, 6.45) is -0.240. The molecular weight excluding hydrogens is 387 g/mol. The van der Waals surface area contributed by atoms with E-state index in [0.29, 0.717) is 43.6 Å². The molecule has 1 aliphatic heterocycles. The number of hydrogen-bond acceptors (Lipinski definition) is 5. The summed E-state index contributed by atoms with van der Waals surface area (Å²) in [4.78, 5) is 18.9. The zero-order valence-corrected chi connectivity index (χ0v) is 16.0. The highest BCUT2D eigenvalue weighted by Crippen LogP contribution is 2.46.